The molecule has 1 saturated heterocycles. The van der Waals surface area contributed by atoms with Gasteiger partial charge in [-0.1, -0.05) is 142 Å². The number of phosphoric acid groups is 2. The number of carbonyl (C=O) groups excluding carboxylic acids is 2. The predicted molar refractivity (Wildman–Crippen MR) is 220 cm³/mol. The molecule has 1 fully saturated rings. The monoisotopic (exact) mass is 856 g/mol. The van der Waals surface area contributed by atoms with Crippen molar-refractivity contribution >= 4 is 27.6 Å². The fraction of sp³-hybridized carbons (Fsp3) is 0.902. The second-order valence-electron chi connectivity index (χ2n) is 15.6. The molecule has 1 aliphatic heterocycles. The summed E-state index contributed by atoms with van der Waals surface area (Å²) >= 11 is 0. The molecule has 1 heterocycles. The number of aliphatic hydroxyl groups is 1. The molecule has 0 radical (unpaired) electrons. The lowest BCUT2D eigenvalue weighted by Gasteiger charge is -2.20. The summed E-state index contributed by atoms with van der Waals surface area (Å²) in [4.78, 5) is 52.7. The molecule has 6 atom stereocenters. The lowest BCUT2D eigenvalue weighted by molar-refractivity contribution is -0.161. The van der Waals surface area contributed by atoms with Gasteiger partial charge in [0.2, 0.25) is 0 Å². The minimum Gasteiger partial charge on any atom is -0.462 e. The number of esters is 2. The van der Waals surface area contributed by atoms with E-state index in [1.165, 1.54) is 70.6 Å². The van der Waals surface area contributed by atoms with Gasteiger partial charge in [-0.05, 0) is 44.4 Å². The van der Waals surface area contributed by atoms with E-state index in [0.29, 0.717) is 25.0 Å². The van der Waals surface area contributed by atoms with Crippen LogP contribution < -0.4 is 0 Å². The van der Waals surface area contributed by atoms with E-state index in [0.717, 1.165) is 70.1 Å². The first-order chi connectivity index (χ1) is 27.2. The van der Waals surface area contributed by atoms with Crippen LogP contribution in [0.2, 0.25) is 0 Å². The van der Waals surface area contributed by atoms with E-state index in [9.17, 15) is 28.7 Å². The molecule has 0 aromatic heterocycles. The van der Waals surface area contributed by atoms with Crippen molar-refractivity contribution < 1.29 is 66.3 Å². The van der Waals surface area contributed by atoms with E-state index in [1.807, 2.05) is 0 Å². The van der Waals surface area contributed by atoms with Gasteiger partial charge in [-0.3, -0.25) is 23.2 Å². The SMILES string of the molecule is CCCCC/C=C\CC1OC1CCCCCCCC(=O)O[C@H](COC(=O)CCCCCCCCCCCCC(C)CC)COP(=O)(O)OC[C@@H](O)COP(=O)(O)O. The van der Waals surface area contributed by atoms with Crippen molar-refractivity contribution in [2.24, 2.45) is 5.92 Å². The molecule has 0 amide bonds. The molecule has 4 unspecified atom stereocenters. The van der Waals surface area contributed by atoms with Crippen LogP contribution in [0.3, 0.4) is 0 Å². The number of allylic oxidation sites excluding steroid dienone is 1. The van der Waals surface area contributed by atoms with Crippen LogP contribution in [0.25, 0.3) is 0 Å². The van der Waals surface area contributed by atoms with Gasteiger partial charge in [0.05, 0.1) is 32.0 Å². The fourth-order valence-electron chi connectivity index (χ4n) is 6.27. The van der Waals surface area contributed by atoms with Crippen LogP contribution in [0.1, 0.15) is 181 Å². The Hall–Kier alpha value is -1.18. The average molecular weight is 857 g/mol. The molecule has 16 heteroatoms. The number of hydrogen-bond acceptors (Lipinski definition) is 11. The molecule has 0 bridgehead atoms. The normalized spacial score (nSPS) is 18.3. The van der Waals surface area contributed by atoms with E-state index >= 15 is 0 Å². The highest BCUT2D eigenvalue weighted by atomic mass is 31.2. The van der Waals surface area contributed by atoms with Gasteiger partial charge < -0.3 is 34.0 Å². The molecule has 0 spiro atoms. The third-order valence-corrected chi connectivity index (χ3v) is 11.5. The van der Waals surface area contributed by atoms with E-state index in [1.54, 1.807) is 0 Å². The first-order valence-electron chi connectivity index (χ1n) is 21.9. The summed E-state index contributed by atoms with van der Waals surface area (Å²) in [5, 5.41) is 9.75. The number of unbranched alkanes of at least 4 members (excludes halogenated alkanes) is 16. The summed E-state index contributed by atoms with van der Waals surface area (Å²) in [6.45, 7) is 4.05. The zero-order chi connectivity index (χ0) is 42.2. The maximum absolute atomic E-state index is 12.7. The first-order valence-corrected chi connectivity index (χ1v) is 24.9. The van der Waals surface area contributed by atoms with E-state index in [-0.39, 0.29) is 19.4 Å². The third kappa shape index (κ3) is 34.3. The summed E-state index contributed by atoms with van der Waals surface area (Å²) in [7, 11) is -9.67. The summed E-state index contributed by atoms with van der Waals surface area (Å²) in [6.07, 6.45) is 27.9. The lowest BCUT2D eigenvalue weighted by atomic mass is 9.99. The molecule has 0 aromatic rings. The number of carbonyl (C=O) groups is 2. The smallest absolute Gasteiger partial charge is 0.462 e. The molecular weight excluding hydrogens is 778 g/mol. The Bertz CT molecular complexity index is 1150. The van der Waals surface area contributed by atoms with Crippen molar-refractivity contribution in [2.45, 2.75) is 206 Å². The maximum Gasteiger partial charge on any atom is 0.472 e. The van der Waals surface area contributed by atoms with E-state index in [4.69, 9.17) is 28.5 Å². The first kappa shape index (κ1) is 53.8. The number of rotatable bonds is 40. The molecule has 0 saturated carbocycles. The van der Waals surface area contributed by atoms with Crippen molar-refractivity contribution in [3.63, 3.8) is 0 Å². The standard InChI is InChI=1S/C41H78O14P2/c1-4-6-7-8-17-22-27-38-39(55-38)28-23-18-15-20-25-30-41(44)54-37(34-53-57(48,49)52-32-36(42)31-51-56(45,46)47)33-50-40(43)29-24-19-14-12-10-9-11-13-16-21-26-35(3)5-2/h17,22,35-39,42H,4-16,18-21,23-34H2,1-3H3,(H,48,49)(H2,45,46,47)/b22-17-/t35?,36-,37+,38?,39?/m0/s1. The Labute approximate surface area is 343 Å². The summed E-state index contributed by atoms with van der Waals surface area (Å²) < 4.78 is 53.6. The Morgan fingerprint density at radius 2 is 1.23 bits per heavy atom. The van der Waals surface area contributed by atoms with Gasteiger partial charge in [-0.25, -0.2) is 9.13 Å². The second-order valence-corrected chi connectivity index (χ2v) is 18.3. The number of hydrogen-bond donors (Lipinski definition) is 4. The van der Waals surface area contributed by atoms with Crippen LogP contribution in [0.15, 0.2) is 12.2 Å². The maximum atomic E-state index is 12.7. The highest BCUT2D eigenvalue weighted by Gasteiger charge is 2.36. The van der Waals surface area contributed by atoms with Crippen molar-refractivity contribution in [1.29, 1.82) is 0 Å². The van der Waals surface area contributed by atoms with Crippen LogP contribution in [-0.4, -0.2) is 82.6 Å². The quantitative estimate of drug-likeness (QED) is 0.0149. The van der Waals surface area contributed by atoms with Gasteiger partial charge in [0.1, 0.15) is 12.7 Å². The van der Waals surface area contributed by atoms with Gasteiger partial charge in [-0.15, -0.1) is 0 Å². The number of ether oxygens (including phenoxy) is 3. The molecule has 57 heavy (non-hydrogen) atoms. The van der Waals surface area contributed by atoms with Gasteiger partial charge >= 0.3 is 27.6 Å². The van der Waals surface area contributed by atoms with Gasteiger partial charge in [0.25, 0.3) is 0 Å². The van der Waals surface area contributed by atoms with Gasteiger partial charge in [0.15, 0.2) is 6.10 Å². The lowest BCUT2D eigenvalue weighted by Crippen LogP contribution is -2.30. The van der Waals surface area contributed by atoms with Crippen LogP contribution in [-0.2, 0) is 46.5 Å². The molecule has 336 valence electrons. The zero-order valence-electron chi connectivity index (χ0n) is 35.3. The summed E-state index contributed by atoms with van der Waals surface area (Å²) in [6, 6.07) is 0. The minimum atomic E-state index is -4.86. The summed E-state index contributed by atoms with van der Waals surface area (Å²) in [5.74, 6) is -0.224. The largest absolute Gasteiger partial charge is 0.472 e. The molecular formula is C41H78O14P2. The van der Waals surface area contributed by atoms with Crippen LogP contribution in [0, 0.1) is 5.92 Å². The Morgan fingerprint density at radius 1 is 0.667 bits per heavy atom. The van der Waals surface area contributed by atoms with Crippen LogP contribution in [0.4, 0.5) is 0 Å². The number of phosphoric ester groups is 2. The molecule has 1 aliphatic rings. The van der Waals surface area contributed by atoms with E-state index in [2.05, 4.69) is 42.0 Å². The highest BCUT2D eigenvalue weighted by Crippen LogP contribution is 2.44. The van der Waals surface area contributed by atoms with Gasteiger partial charge in [0, 0.05) is 12.8 Å². The number of aliphatic hydroxyl groups excluding tert-OH is 1. The van der Waals surface area contributed by atoms with Crippen molar-refractivity contribution in [1.82, 2.24) is 0 Å². The highest BCUT2D eigenvalue weighted by molar-refractivity contribution is 7.47. The summed E-state index contributed by atoms with van der Waals surface area (Å²) in [5.41, 5.74) is 0. The molecule has 0 aromatic carbocycles. The fourth-order valence-corrected chi connectivity index (χ4v) is 7.43. The number of epoxide rings is 1. The second kappa shape index (κ2) is 33.5. The molecule has 14 nitrogen and oxygen atoms in total. The van der Waals surface area contributed by atoms with E-state index < -0.39 is 59.6 Å². The topological polar surface area (TPSA) is 208 Å². The Morgan fingerprint density at radius 3 is 1.84 bits per heavy atom. The van der Waals surface area contributed by atoms with Crippen molar-refractivity contribution in [3.05, 3.63) is 12.2 Å². The predicted octanol–water partition coefficient (Wildman–Crippen LogP) is 9.80. The van der Waals surface area contributed by atoms with Gasteiger partial charge in [-0.2, -0.15) is 0 Å². The molecule has 1 rings (SSSR count). The molecule has 0 aliphatic carbocycles. The Balaban J connectivity index is 2.37. The minimum absolute atomic E-state index is 0.111. The van der Waals surface area contributed by atoms with Crippen molar-refractivity contribution in [3.8, 4) is 0 Å². The third-order valence-electron chi connectivity index (χ3n) is 10.1. The zero-order valence-corrected chi connectivity index (χ0v) is 37.1. The molecule has 4 N–H and O–H groups in total. The van der Waals surface area contributed by atoms with Crippen molar-refractivity contribution in [2.75, 3.05) is 26.4 Å². The average Bonchev–Trinajstić information content (AvgIpc) is 3.92. The Kier molecular flexibility index (Phi) is 31.7. The van der Waals surface area contributed by atoms with Crippen LogP contribution >= 0.6 is 15.6 Å². The van der Waals surface area contributed by atoms with Crippen LogP contribution in [0.5, 0.6) is 0 Å².